The molecule has 122 valence electrons. The van der Waals surface area contributed by atoms with Gasteiger partial charge in [-0.25, -0.2) is 0 Å². The van der Waals surface area contributed by atoms with Crippen LogP contribution in [0.25, 0.3) is 0 Å². The summed E-state index contributed by atoms with van der Waals surface area (Å²) in [5, 5.41) is 0. The summed E-state index contributed by atoms with van der Waals surface area (Å²) in [6.07, 6.45) is 26.5. The molecular weight excluding hydrogens is 402 g/mol. The minimum atomic E-state index is 0. The predicted octanol–water partition coefficient (Wildman–Crippen LogP) is -1.21. The van der Waals surface area contributed by atoms with Gasteiger partial charge < -0.3 is 37.7 Å². The number of fused-ring (bicyclic) bond motifs is 2. The van der Waals surface area contributed by atoms with Gasteiger partial charge in [0.25, 0.3) is 0 Å². The summed E-state index contributed by atoms with van der Waals surface area (Å²) in [4.78, 5) is 0. The fourth-order valence-corrected chi connectivity index (χ4v) is 4.68. The second-order valence-corrected chi connectivity index (χ2v) is 7.07. The van der Waals surface area contributed by atoms with E-state index in [2.05, 4.69) is 68.4 Å². The molecule has 0 aliphatic heterocycles. The van der Waals surface area contributed by atoms with Crippen LogP contribution < -0.4 is 24.8 Å². The smallest absolute Gasteiger partial charge is 1.00 e. The summed E-state index contributed by atoms with van der Waals surface area (Å²) in [5.41, 5.74) is 0. The molecule has 0 saturated heterocycles. The molecule has 4 aliphatic rings. The van der Waals surface area contributed by atoms with Gasteiger partial charge in [0, 0.05) is 0 Å². The summed E-state index contributed by atoms with van der Waals surface area (Å²) in [5.74, 6) is 5.35. The molecule has 2 fully saturated rings. The van der Waals surface area contributed by atoms with Crippen molar-refractivity contribution in [2.45, 2.75) is 19.8 Å². The van der Waals surface area contributed by atoms with Gasteiger partial charge in [0.1, 0.15) is 0 Å². The zero-order chi connectivity index (χ0) is 13.5. The van der Waals surface area contributed by atoms with Crippen molar-refractivity contribution in [1.29, 1.82) is 0 Å². The summed E-state index contributed by atoms with van der Waals surface area (Å²) in [7, 11) is 0. The van der Waals surface area contributed by atoms with E-state index in [-0.39, 0.29) is 51.0 Å². The maximum atomic E-state index is 2.64. The van der Waals surface area contributed by atoms with Gasteiger partial charge in [0.05, 0.1) is 0 Å². The Labute approximate surface area is 172 Å². The van der Waals surface area contributed by atoms with E-state index in [1.807, 2.05) is 0 Å². The van der Waals surface area contributed by atoms with Crippen LogP contribution in [0, 0.1) is 54.3 Å². The molecule has 0 aromatic carbocycles. The molecule has 6 atom stereocenters. The van der Waals surface area contributed by atoms with E-state index in [1.165, 1.54) is 12.8 Å². The fourth-order valence-electron chi connectivity index (χ4n) is 4.68. The van der Waals surface area contributed by atoms with Crippen molar-refractivity contribution in [3.05, 3.63) is 61.4 Å². The van der Waals surface area contributed by atoms with Crippen LogP contribution in [-0.4, -0.2) is 0 Å². The molecule has 2 saturated carbocycles. The van der Waals surface area contributed by atoms with Crippen molar-refractivity contribution in [2.75, 3.05) is 0 Å². The molecule has 3 heteroatoms. The van der Waals surface area contributed by atoms with Crippen LogP contribution in [0.15, 0.2) is 48.6 Å². The second-order valence-electron chi connectivity index (χ2n) is 7.07. The van der Waals surface area contributed by atoms with Crippen molar-refractivity contribution in [2.24, 2.45) is 41.4 Å². The largest absolute Gasteiger partial charge is 4.00 e. The van der Waals surface area contributed by atoms with Crippen LogP contribution in [0.2, 0.25) is 0 Å². The minimum absolute atomic E-state index is 0. The first kappa shape index (κ1) is 21.5. The fraction of sp³-hybridized carbons (Fsp3) is 0.500. The van der Waals surface area contributed by atoms with Crippen LogP contribution in [0.3, 0.4) is 0 Å². The molecule has 0 heterocycles. The Bertz CT molecular complexity index is 410. The Morgan fingerprint density at radius 1 is 0.739 bits per heavy atom. The molecule has 0 aromatic rings. The topological polar surface area (TPSA) is 0 Å². The molecule has 4 rings (SSSR count). The van der Waals surface area contributed by atoms with Crippen LogP contribution in [0.4, 0.5) is 0 Å². The van der Waals surface area contributed by atoms with Gasteiger partial charge in [-0.15, -0.1) is 24.0 Å². The first-order valence-electron chi connectivity index (χ1n) is 8.21. The van der Waals surface area contributed by atoms with Crippen molar-refractivity contribution in [3.63, 3.8) is 0 Å². The molecule has 4 aliphatic carbocycles. The summed E-state index contributed by atoms with van der Waals surface area (Å²) in [6, 6.07) is 0. The third-order valence-electron chi connectivity index (χ3n) is 5.97. The van der Waals surface area contributed by atoms with Crippen molar-refractivity contribution >= 4 is 0 Å². The van der Waals surface area contributed by atoms with E-state index < -0.39 is 0 Å². The average Bonchev–Trinajstić information content (AvgIpc) is 3.10. The van der Waals surface area contributed by atoms with Crippen molar-refractivity contribution in [1.82, 2.24) is 0 Å². The second kappa shape index (κ2) is 9.21. The van der Waals surface area contributed by atoms with Crippen LogP contribution in [-0.2, 0) is 26.2 Å². The zero-order valence-corrected chi connectivity index (χ0v) is 17.5. The van der Waals surface area contributed by atoms with E-state index >= 15 is 0 Å². The van der Waals surface area contributed by atoms with Crippen LogP contribution >= 0.6 is 0 Å². The van der Waals surface area contributed by atoms with Crippen LogP contribution in [0.1, 0.15) is 19.8 Å². The standard InChI is InChI=1S/C20H24.2ClH.Zr/c1-14(19-10-15-6-2-3-7-16(15)11-19)20-12-17-8-4-5-9-18(17)13-20;;;/h2-10,12,14-20H,11,13H2,1H3;2*1H;/q-2;;;+4/p-2. The average molecular weight is 427 g/mol. The van der Waals surface area contributed by atoms with Crippen molar-refractivity contribution in [3.8, 4) is 0 Å². The van der Waals surface area contributed by atoms with E-state index in [4.69, 9.17) is 0 Å². The van der Waals surface area contributed by atoms with Crippen LogP contribution in [0.5, 0.6) is 0 Å². The van der Waals surface area contributed by atoms with Gasteiger partial charge in [0.2, 0.25) is 0 Å². The Hall–Kier alpha value is 0.423. The van der Waals surface area contributed by atoms with Gasteiger partial charge in [-0.05, 0) is 11.8 Å². The van der Waals surface area contributed by atoms with E-state index in [0.29, 0.717) is 11.8 Å². The maximum Gasteiger partial charge on any atom is 4.00 e. The quantitative estimate of drug-likeness (QED) is 0.487. The van der Waals surface area contributed by atoms with Crippen molar-refractivity contribution < 1.29 is 51.0 Å². The Kier molecular flexibility index (Phi) is 8.60. The molecule has 0 N–H and O–H groups in total. The predicted molar refractivity (Wildman–Crippen MR) is 84.5 cm³/mol. The van der Waals surface area contributed by atoms with Gasteiger partial charge >= 0.3 is 26.2 Å². The Morgan fingerprint density at radius 2 is 1.13 bits per heavy atom. The number of hydrogen-bond acceptors (Lipinski definition) is 0. The van der Waals surface area contributed by atoms with E-state index in [9.17, 15) is 0 Å². The first-order valence-corrected chi connectivity index (χ1v) is 8.21. The first-order chi connectivity index (χ1) is 9.81. The summed E-state index contributed by atoms with van der Waals surface area (Å²) >= 11 is 0. The normalized spacial score (nSPS) is 40.4. The maximum absolute atomic E-state index is 2.64. The van der Waals surface area contributed by atoms with Gasteiger partial charge in [-0.1, -0.05) is 62.1 Å². The summed E-state index contributed by atoms with van der Waals surface area (Å²) < 4.78 is 0. The van der Waals surface area contributed by atoms with Gasteiger partial charge in [0.15, 0.2) is 0 Å². The SMILES string of the molecule is CC(C1[CH-]C2C=CC=CC2C1)C1[CH-]C2C=CC=CC2C1.[Cl-].[Cl-].[Zr+4]. The molecule has 23 heavy (non-hydrogen) atoms. The van der Waals surface area contributed by atoms with Gasteiger partial charge in [-0.3, -0.25) is 0 Å². The Morgan fingerprint density at radius 3 is 1.52 bits per heavy atom. The molecule has 0 bridgehead atoms. The minimum Gasteiger partial charge on any atom is -1.00 e. The van der Waals surface area contributed by atoms with E-state index in [0.717, 1.165) is 29.6 Å². The molecule has 0 spiro atoms. The van der Waals surface area contributed by atoms with Gasteiger partial charge in [-0.2, -0.15) is 11.8 Å². The Balaban J connectivity index is 0.000000882. The van der Waals surface area contributed by atoms with E-state index in [1.54, 1.807) is 0 Å². The monoisotopic (exact) mass is 424 g/mol. The third kappa shape index (κ3) is 4.34. The molecule has 0 amide bonds. The molecule has 0 aromatic heterocycles. The third-order valence-corrected chi connectivity index (χ3v) is 5.97. The molecule has 0 radical (unpaired) electrons. The number of allylic oxidation sites excluding steroid dienone is 8. The number of rotatable bonds is 2. The summed E-state index contributed by atoms with van der Waals surface area (Å²) in [6.45, 7) is 2.48. The zero-order valence-electron chi connectivity index (χ0n) is 13.5. The molecule has 6 unspecified atom stereocenters. The molecular formula is C20H24Cl2Zr. The molecule has 0 nitrogen and oxygen atoms in total. The number of halogens is 2. The number of hydrogen-bond donors (Lipinski definition) is 0.